The Kier molecular flexibility index (Phi) is 5.36. The Hall–Kier alpha value is -2.04. The summed E-state index contributed by atoms with van der Waals surface area (Å²) in [6, 6.07) is 6.99. The monoisotopic (exact) mass is 265 g/mol. The van der Waals surface area contributed by atoms with E-state index in [4.69, 9.17) is 4.74 Å². The lowest BCUT2D eigenvalue weighted by atomic mass is 10.1. The van der Waals surface area contributed by atoms with Gasteiger partial charge >= 0.3 is 5.97 Å². The maximum Gasteiger partial charge on any atom is 0.310 e. The normalized spacial score (nSPS) is 11.6. The van der Waals surface area contributed by atoms with Gasteiger partial charge in [-0.05, 0) is 12.1 Å². The lowest BCUT2D eigenvalue weighted by Crippen LogP contribution is -2.34. The highest BCUT2D eigenvalue weighted by atomic mass is 16.5. The van der Waals surface area contributed by atoms with Crippen LogP contribution in [0.3, 0.4) is 0 Å². The van der Waals surface area contributed by atoms with Crippen LogP contribution in [0.5, 0.6) is 5.75 Å². The first-order valence-electron chi connectivity index (χ1n) is 5.97. The van der Waals surface area contributed by atoms with Gasteiger partial charge in [-0.1, -0.05) is 19.1 Å². The van der Waals surface area contributed by atoms with E-state index in [0.29, 0.717) is 17.9 Å². The molecule has 0 saturated carbocycles. The molecule has 5 nitrogen and oxygen atoms in total. The Morgan fingerprint density at radius 2 is 1.89 bits per heavy atom. The summed E-state index contributed by atoms with van der Waals surface area (Å²) in [5.74, 6) is -0.369. The van der Waals surface area contributed by atoms with E-state index in [2.05, 4.69) is 4.74 Å². The molecule has 0 bridgehead atoms. The number of rotatable bonds is 5. The van der Waals surface area contributed by atoms with Crippen LogP contribution in [-0.4, -0.2) is 44.6 Å². The minimum atomic E-state index is -0.367. The summed E-state index contributed by atoms with van der Waals surface area (Å²) in [5, 5.41) is 0. The number of nitrogens with zero attached hydrogens (tertiary/aromatic N) is 1. The molecule has 0 N–H and O–H groups in total. The number of hydrogen-bond donors (Lipinski definition) is 0. The molecular weight excluding hydrogens is 246 g/mol. The Morgan fingerprint density at radius 1 is 1.26 bits per heavy atom. The maximum absolute atomic E-state index is 12.3. The summed E-state index contributed by atoms with van der Waals surface area (Å²) in [4.78, 5) is 25.1. The lowest BCUT2D eigenvalue weighted by Gasteiger charge is -2.21. The van der Waals surface area contributed by atoms with E-state index in [1.54, 1.807) is 38.2 Å². The zero-order valence-corrected chi connectivity index (χ0v) is 11.7. The molecule has 1 aromatic carbocycles. The minimum absolute atomic E-state index is 0.187. The fourth-order valence-electron chi connectivity index (χ4n) is 1.80. The van der Waals surface area contributed by atoms with Crippen molar-refractivity contribution in [3.05, 3.63) is 29.8 Å². The van der Waals surface area contributed by atoms with Crippen molar-refractivity contribution in [2.24, 2.45) is 5.92 Å². The van der Waals surface area contributed by atoms with Gasteiger partial charge < -0.3 is 14.4 Å². The maximum atomic E-state index is 12.3. The summed E-state index contributed by atoms with van der Waals surface area (Å²) in [6.45, 7) is 2.02. The highest BCUT2D eigenvalue weighted by Crippen LogP contribution is 2.19. The molecule has 0 fully saturated rings. The Morgan fingerprint density at radius 3 is 2.47 bits per heavy atom. The van der Waals surface area contributed by atoms with Crippen molar-refractivity contribution in [3.8, 4) is 5.75 Å². The number of amides is 1. The van der Waals surface area contributed by atoms with Crippen LogP contribution in [0.15, 0.2) is 24.3 Å². The third kappa shape index (κ3) is 3.71. The number of benzene rings is 1. The zero-order valence-electron chi connectivity index (χ0n) is 11.7. The van der Waals surface area contributed by atoms with Crippen LogP contribution >= 0.6 is 0 Å². The predicted octanol–water partition coefficient (Wildman–Crippen LogP) is 1.58. The van der Waals surface area contributed by atoms with Gasteiger partial charge in [0.05, 0.1) is 25.7 Å². The van der Waals surface area contributed by atoms with Gasteiger partial charge in [-0.15, -0.1) is 0 Å². The van der Waals surface area contributed by atoms with Crippen molar-refractivity contribution in [2.45, 2.75) is 6.92 Å². The van der Waals surface area contributed by atoms with Crippen molar-refractivity contribution in [2.75, 3.05) is 27.8 Å². The largest absolute Gasteiger partial charge is 0.496 e. The van der Waals surface area contributed by atoms with Crippen molar-refractivity contribution in [1.29, 1.82) is 0 Å². The smallest absolute Gasteiger partial charge is 0.310 e. The molecule has 1 aromatic rings. The molecule has 0 aliphatic carbocycles. The molecule has 104 valence electrons. The molecule has 19 heavy (non-hydrogen) atoms. The number of methoxy groups -OCH3 is 2. The van der Waals surface area contributed by atoms with E-state index < -0.39 is 0 Å². The third-order valence-electron chi connectivity index (χ3n) is 2.84. The van der Waals surface area contributed by atoms with Gasteiger partial charge in [-0.25, -0.2) is 0 Å². The third-order valence-corrected chi connectivity index (χ3v) is 2.84. The summed E-state index contributed by atoms with van der Waals surface area (Å²) >= 11 is 0. The van der Waals surface area contributed by atoms with Gasteiger partial charge in [-0.3, -0.25) is 9.59 Å². The average Bonchev–Trinajstić information content (AvgIpc) is 2.45. The fourth-order valence-corrected chi connectivity index (χ4v) is 1.80. The topological polar surface area (TPSA) is 55.8 Å². The molecule has 0 saturated heterocycles. The van der Waals surface area contributed by atoms with Gasteiger partial charge in [0.1, 0.15) is 5.75 Å². The number of ether oxygens (including phenoxy) is 2. The molecule has 0 aliphatic rings. The first-order chi connectivity index (χ1) is 9.01. The van der Waals surface area contributed by atoms with Crippen molar-refractivity contribution in [3.63, 3.8) is 0 Å². The number of carbonyl (C=O) groups is 2. The highest BCUT2D eigenvalue weighted by molar-refractivity contribution is 5.97. The molecule has 1 rings (SSSR count). The van der Waals surface area contributed by atoms with Gasteiger partial charge in [0.25, 0.3) is 5.91 Å². The predicted molar refractivity (Wildman–Crippen MR) is 71.1 cm³/mol. The molecule has 5 heteroatoms. The van der Waals surface area contributed by atoms with Crippen LogP contribution in [0.2, 0.25) is 0 Å². The SMILES string of the molecule is COC(=O)C(C)CN(C)C(=O)c1ccccc1OC. The van der Waals surface area contributed by atoms with Crippen molar-refractivity contribution < 1.29 is 19.1 Å². The molecule has 1 unspecified atom stereocenters. The Bertz CT molecular complexity index is 459. The highest BCUT2D eigenvalue weighted by Gasteiger charge is 2.21. The first-order valence-corrected chi connectivity index (χ1v) is 5.97. The van der Waals surface area contributed by atoms with Gasteiger partial charge in [-0.2, -0.15) is 0 Å². The van der Waals surface area contributed by atoms with E-state index in [9.17, 15) is 9.59 Å². The van der Waals surface area contributed by atoms with Crippen LogP contribution in [0, 0.1) is 5.92 Å². The minimum Gasteiger partial charge on any atom is -0.496 e. The molecule has 1 amide bonds. The van der Waals surface area contributed by atoms with E-state index >= 15 is 0 Å². The van der Waals surface area contributed by atoms with Crippen LogP contribution in [0.4, 0.5) is 0 Å². The summed E-state index contributed by atoms with van der Waals surface area (Å²) in [5.41, 5.74) is 0.476. The Balaban J connectivity index is 2.79. The molecule has 0 radical (unpaired) electrons. The number of para-hydroxylation sites is 1. The first kappa shape index (κ1) is 15.0. The van der Waals surface area contributed by atoms with E-state index in [-0.39, 0.29) is 17.8 Å². The molecule has 0 heterocycles. The Labute approximate surface area is 113 Å². The molecule has 1 atom stereocenters. The molecule has 0 aromatic heterocycles. The number of carbonyl (C=O) groups excluding carboxylic acids is 2. The van der Waals surface area contributed by atoms with Crippen molar-refractivity contribution >= 4 is 11.9 Å². The van der Waals surface area contributed by atoms with Crippen LogP contribution in [0.25, 0.3) is 0 Å². The zero-order chi connectivity index (χ0) is 14.4. The number of hydrogen-bond acceptors (Lipinski definition) is 4. The summed E-state index contributed by atoms with van der Waals surface area (Å²) in [6.07, 6.45) is 0. The van der Waals surface area contributed by atoms with Crippen molar-refractivity contribution in [1.82, 2.24) is 4.90 Å². The lowest BCUT2D eigenvalue weighted by molar-refractivity contribution is -0.145. The van der Waals surface area contributed by atoms with Gasteiger partial charge in [0.2, 0.25) is 0 Å². The van der Waals surface area contributed by atoms with Crippen LogP contribution in [0.1, 0.15) is 17.3 Å². The quantitative estimate of drug-likeness (QED) is 0.758. The van der Waals surface area contributed by atoms with Crippen LogP contribution < -0.4 is 4.74 Å². The number of esters is 1. The second-order valence-electron chi connectivity index (χ2n) is 4.31. The average molecular weight is 265 g/mol. The standard InChI is InChI=1S/C14H19NO4/c1-10(14(17)19-4)9-15(2)13(16)11-7-5-6-8-12(11)18-3/h5-8,10H,9H2,1-4H3. The molecule has 0 aliphatic heterocycles. The van der Waals surface area contributed by atoms with E-state index in [0.717, 1.165) is 0 Å². The molecular formula is C14H19NO4. The summed E-state index contributed by atoms with van der Waals surface area (Å²) in [7, 11) is 4.50. The fraction of sp³-hybridized carbons (Fsp3) is 0.429. The second kappa shape index (κ2) is 6.78. The van der Waals surface area contributed by atoms with Gasteiger partial charge in [0.15, 0.2) is 0 Å². The summed E-state index contributed by atoms with van der Waals surface area (Å²) < 4.78 is 9.79. The second-order valence-corrected chi connectivity index (χ2v) is 4.31. The van der Waals surface area contributed by atoms with E-state index in [1.165, 1.54) is 19.1 Å². The van der Waals surface area contributed by atoms with Gasteiger partial charge in [0, 0.05) is 13.6 Å². The molecule has 0 spiro atoms. The van der Waals surface area contributed by atoms with Crippen LogP contribution in [-0.2, 0) is 9.53 Å². The van der Waals surface area contributed by atoms with E-state index in [1.807, 2.05) is 0 Å².